The molecule has 2 aromatic heterocycles. The van der Waals surface area contributed by atoms with Gasteiger partial charge in [-0.2, -0.15) is 0 Å². The number of rotatable bonds is 1. The highest BCUT2D eigenvalue weighted by atomic mass is 127. The average Bonchev–Trinajstić information content (AvgIpc) is 2.19. The standard InChI is InChI=1S/C10H6ClIN2/c11-8-5-9(12)10(14-6-8)7-1-3-13-4-2-7/h1-6H. The summed E-state index contributed by atoms with van der Waals surface area (Å²) in [6.45, 7) is 0. The second-order valence-corrected chi connectivity index (χ2v) is 4.32. The minimum Gasteiger partial charge on any atom is -0.265 e. The number of hydrogen-bond donors (Lipinski definition) is 0. The fourth-order valence-corrected chi connectivity index (χ4v) is 2.26. The molecule has 70 valence electrons. The summed E-state index contributed by atoms with van der Waals surface area (Å²) in [6, 6.07) is 5.75. The SMILES string of the molecule is Clc1cnc(-c2ccncc2)c(I)c1. The second-order valence-electron chi connectivity index (χ2n) is 2.72. The third-order valence-electron chi connectivity index (χ3n) is 1.76. The molecule has 2 nitrogen and oxygen atoms in total. The first-order valence-electron chi connectivity index (χ1n) is 3.99. The first-order valence-corrected chi connectivity index (χ1v) is 5.44. The van der Waals surface area contributed by atoms with Gasteiger partial charge in [0.05, 0.1) is 10.7 Å². The van der Waals surface area contributed by atoms with E-state index < -0.39 is 0 Å². The van der Waals surface area contributed by atoms with Gasteiger partial charge in [0.25, 0.3) is 0 Å². The van der Waals surface area contributed by atoms with Gasteiger partial charge in [-0.05, 0) is 40.8 Å². The van der Waals surface area contributed by atoms with Crippen LogP contribution in [0.1, 0.15) is 0 Å². The molecule has 0 aliphatic rings. The van der Waals surface area contributed by atoms with Crippen LogP contribution in [0.4, 0.5) is 0 Å². The highest BCUT2D eigenvalue weighted by Gasteiger charge is 2.04. The molecule has 2 rings (SSSR count). The maximum Gasteiger partial charge on any atom is 0.0837 e. The number of aromatic nitrogens is 2. The van der Waals surface area contributed by atoms with Gasteiger partial charge in [0.15, 0.2) is 0 Å². The lowest BCUT2D eigenvalue weighted by Crippen LogP contribution is -1.87. The summed E-state index contributed by atoms with van der Waals surface area (Å²) in [4.78, 5) is 8.24. The molecule has 0 N–H and O–H groups in total. The van der Waals surface area contributed by atoms with Gasteiger partial charge >= 0.3 is 0 Å². The second kappa shape index (κ2) is 4.23. The third kappa shape index (κ3) is 2.04. The average molecular weight is 317 g/mol. The normalized spacial score (nSPS) is 10.1. The van der Waals surface area contributed by atoms with Gasteiger partial charge in [-0.25, -0.2) is 0 Å². The lowest BCUT2D eigenvalue weighted by molar-refractivity contribution is 1.27. The molecule has 2 aromatic rings. The number of halogens is 2. The smallest absolute Gasteiger partial charge is 0.0837 e. The summed E-state index contributed by atoms with van der Waals surface area (Å²) in [5, 5.41) is 0.659. The lowest BCUT2D eigenvalue weighted by atomic mass is 10.2. The van der Waals surface area contributed by atoms with Crippen molar-refractivity contribution in [1.82, 2.24) is 9.97 Å². The van der Waals surface area contributed by atoms with E-state index in [1.54, 1.807) is 18.6 Å². The maximum atomic E-state index is 5.82. The molecule has 0 fully saturated rings. The van der Waals surface area contributed by atoms with Crippen LogP contribution in [0.15, 0.2) is 36.8 Å². The van der Waals surface area contributed by atoms with Crippen molar-refractivity contribution in [2.75, 3.05) is 0 Å². The van der Waals surface area contributed by atoms with Crippen LogP contribution in [0.25, 0.3) is 11.3 Å². The molecule has 0 aromatic carbocycles. The molecule has 2 heterocycles. The van der Waals surface area contributed by atoms with Crippen LogP contribution in [0.2, 0.25) is 5.02 Å². The van der Waals surface area contributed by atoms with Gasteiger partial charge in [-0.1, -0.05) is 11.6 Å². The van der Waals surface area contributed by atoms with E-state index in [2.05, 4.69) is 32.6 Å². The zero-order valence-electron chi connectivity index (χ0n) is 7.11. The van der Waals surface area contributed by atoms with E-state index in [1.165, 1.54) is 0 Å². The monoisotopic (exact) mass is 316 g/mol. The Morgan fingerprint density at radius 1 is 1.21 bits per heavy atom. The lowest BCUT2D eigenvalue weighted by Gasteiger charge is -2.02. The van der Waals surface area contributed by atoms with Gasteiger partial charge in [0, 0.05) is 27.7 Å². The Bertz CT molecular complexity index is 445. The van der Waals surface area contributed by atoms with E-state index in [1.807, 2.05) is 18.2 Å². The minimum absolute atomic E-state index is 0.659. The minimum atomic E-state index is 0.659. The highest BCUT2D eigenvalue weighted by Crippen LogP contribution is 2.24. The molecule has 0 aliphatic carbocycles. The van der Waals surface area contributed by atoms with E-state index in [0.29, 0.717) is 5.02 Å². The van der Waals surface area contributed by atoms with Gasteiger partial charge < -0.3 is 0 Å². The van der Waals surface area contributed by atoms with Crippen molar-refractivity contribution in [3.63, 3.8) is 0 Å². The molecule has 14 heavy (non-hydrogen) atoms. The number of pyridine rings is 2. The van der Waals surface area contributed by atoms with E-state index in [0.717, 1.165) is 14.8 Å². The summed E-state index contributed by atoms with van der Waals surface area (Å²) in [6.07, 6.45) is 5.16. The van der Waals surface area contributed by atoms with Crippen LogP contribution in [-0.4, -0.2) is 9.97 Å². The summed E-state index contributed by atoms with van der Waals surface area (Å²) >= 11 is 8.05. The third-order valence-corrected chi connectivity index (χ3v) is 2.79. The molecule has 0 spiro atoms. The number of hydrogen-bond acceptors (Lipinski definition) is 2. The molecule has 0 saturated heterocycles. The van der Waals surface area contributed by atoms with Gasteiger partial charge in [-0.3, -0.25) is 9.97 Å². The molecule has 0 bridgehead atoms. The Kier molecular flexibility index (Phi) is 2.98. The molecule has 0 atom stereocenters. The first kappa shape index (κ1) is 9.86. The summed E-state index contributed by atoms with van der Waals surface area (Å²) in [5.41, 5.74) is 2.00. The van der Waals surface area contributed by atoms with Gasteiger partial charge in [0.2, 0.25) is 0 Å². The van der Waals surface area contributed by atoms with E-state index in [9.17, 15) is 0 Å². The van der Waals surface area contributed by atoms with Crippen LogP contribution in [0.5, 0.6) is 0 Å². The van der Waals surface area contributed by atoms with Crippen molar-refractivity contribution in [3.8, 4) is 11.3 Å². The Labute approximate surface area is 100 Å². The van der Waals surface area contributed by atoms with Crippen LogP contribution in [0, 0.1) is 3.57 Å². The van der Waals surface area contributed by atoms with Crippen molar-refractivity contribution >= 4 is 34.2 Å². The zero-order valence-corrected chi connectivity index (χ0v) is 10.0. The van der Waals surface area contributed by atoms with Crippen molar-refractivity contribution in [2.45, 2.75) is 0 Å². The Hall–Kier alpha value is -0.680. The first-order chi connectivity index (χ1) is 6.77. The van der Waals surface area contributed by atoms with Crippen LogP contribution in [-0.2, 0) is 0 Å². The Morgan fingerprint density at radius 3 is 2.57 bits per heavy atom. The quantitative estimate of drug-likeness (QED) is 0.754. The maximum absolute atomic E-state index is 5.82. The van der Waals surface area contributed by atoms with E-state index in [-0.39, 0.29) is 0 Å². The van der Waals surface area contributed by atoms with Crippen molar-refractivity contribution in [2.24, 2.45) is 0 Å². The van der Waals surface area contributed by atoms with Crippen LogP contribution < -0.4 is 0 Å². The summed E-state index contributed by atoms with van der Waals surface area (Å²) < 4.78 is 1.04. The van der Waals surface area contributed by atoms with Crippen molar-refractivity contribution < 1.29 is 0 Å². The van der Waals surface area contributed by atoms with Crippen molar-refractivity contribution in [1.29, 1.82) is 0 Å². The molecular formula is C10H6ClIN2. The molecule has 0 aliphatic heterocycles. The molecule has 4 heteroatoms. The highest BCUT2D eigenvalue weighted by molar-refractivity contribution is 14.1. The Balaban J connectivity index is 2.53. The largest absolute Gasteiger partial charge is 0.265 e. The van der Waals surface area contributed by atoms with Crippen LogP contribution in [0.3, 0.4) is 0 Å². The zero-order chi connectivity index (χ0) is 9.97. The fraction of sp³-hybridized carbons (Fsp3) is 0. The fourth-order valence-electron chi connectivity index (χ4n) is 1.14. The van der Waals surface area contributed by atoms with Crippen LogP contribution >= 0.6 is 34.2 Å². The predicted molar refractivity (Wildman–Crippen MR) is 65.2 cm³/mol. The molecule has 0 radical (unpaired) electrons. The van der Waals surface area contributed by atoms with E-state index in [4.69, 9.17) is 11.6 Å². The number of nitrogens with zero attached hydrogens (tertiary/aromatic N) is 2. The van der Waals surface area contributed by atoms with Gasteiger partial charge in [0.1, 0.15) is 0 Å². The summed E-state index contributed by atoms with van der Waals surface area (Å²) in [7, 11) is 0. The molecule has 0 saturated carbocycles. The molecule has 0 unspecified atom stereocenters. The molecular weight excluding hydrogens is 310 g/mol. The van der Waals surface area contributed by atoms with Crippen molar-refractivity contribution in [3.05, 3.63) is 45.4 Å². The summed E-state index contributed by atoms with van der Waals surface area (Å²) in [5.74, 6) is 0. The van der Waals surface area contributed by atoms with Gasteiger partial charge in [-0.15, -0.1) is 0 Å². The molecule has 0 amide bonds. The topological polar surface area (TPSA) is 25.8 Å². The Morgan fingerprint density at radius 2 is 1.93 bits per heavy atom. The van der Waals surface area contributed by atoms with E-state index >= 15 is 0 Å². The predicted octanol–water partition coefficient (Wildman–Crippen LogP) is 3.40.